The Kier molecular flexibility index (Phi) is 4.59. The van der Waals surface area contributed by atoms with E-state index in [0.717, 1.165) is 23.6 Å². The van der Waals surface area contributed by atoms with Gasteiger partial charge in [0.15, 0.2) is 0 Å². The maximum Gasteiger partial charge on any atom is 0.262 e. The van der Waals surface area contributed by atoms with Crippen LogP contribution in [0.3, 0.4) is 0 Å². The first kappa shape index (κ1) is 17.6. The van der Waals surface area contributed by atoms with Crippen LogP contribution < -0.4 is 16.0 Å². The standard InChI is InChI=1S/C19H20N4O4/c24-16-6-5-15(17(25)22-16)23-18(26)13-4-3-11(8-14(13)19(23)27)9-21-12-2-1-7-20-10-12/h1-4,8,12,15,20-21H,5-7,9-10H2,(H,22,24,25). The van der Waals surface area contributed by atoms with Gasteiger partial charge in [0.1, 0.15) is 6.04 Å². The molecule has 8 nitrogen and oxygen atoms in total. The van der Waals surface area contributed by atoms with Crippen molar-refractivity contribution in [3.05, 3.63) is 47.0 Å². The Morgan fingerprint density at radius 1 is 1.11 bits per heavy atom. The Labute approximate surface area is 156 Å². The van der Waals surface area contributed by atoms with Crippen LogP contribution in [0.1, 0.15) is 39.1 Å². The fourth-order valence-corrected chi connectivity index (χ4v) is 3.64. The summed E-state index contributed by atoms with van der Waals surface area (Å²) in [5.41, 5.74) is 1.49. The molecule has 3 heterocycles. The lowest BCUT2D eigenvalue weighted by Crippen LogP contribution is -2.54. The van der Waals surface area contributed by atoms with Crippen LogP contribution in [0.25, 0.3) is 0 Å². The minimum atomic E-state index is -0.935. The summed E-state index contributed by atoms with van der Waals surface area (Å²) in [7, 11) is 0. The fourth-order valence-electron chi connectivity index (χ4n) is 3.64. The van der Waals surface area contributed by atoms with E-state index in [1.165, 1.54) is 0 Å². The number of carbonyl (C=O) groups excluding carboxylic acids is 4. The number of benzene rings is 1. The number of rotatable bonds is 4. The molecule has 27 heavy (non-hydrogen) atoms. The van der Waals surface area contributed by atoms with E-state index in [1.807, 2.05) is 6.07 Å². The maximum atomic E-state index is 12.8. The average molecular weight is 368 g/mol. The number of amides is 4. The molecule has 1 aromatic rings. The first-order valence-corrected chi connectivity index (χ1v) is 9.00. The number of piperidine rings is 1. The monoisotopic (exact) mass is 368 g/mol. The van der Waals surface area contributed by atoms with E-state index in [-0.39, 0.29) is 24.8 Å². The van der Waals surface area contributed by atoms with Gasteiger partial charge in [-0.1, -0.05) is 18.2 Å². The Hall–Kier alpha value is -2.84. The van der Waals surface area contributed by atoms with Gasteiger partial charge < -0.3 is 10.6 Å². The number of nitrogens with one attached hydrogen (secondary N) is 3. The first-order valence-electron chi connectivity index (χ1n) is 9.00. The van der Waals surface area contributed by atoms with Crippen LogP contribution in [-0.2, 0) is 16.1 Å². The van der Waals surface area contributed by atoms with E-state index in [0.29, 0.717) is 17.7 Å². The minimum Gasteiger partial charge on any atom is -0.311 e. The van der Waals surface area contributed by atoms with E-state index in [4.69, 9.17) is 0 Å². The Balaban J connectivity index is 1.51. The van der Waals surface area contributed by atoms with Crippen molar-refractivity contribution in [2.75, 3.05) is 13.1 Å². The molecule has 0 aromatic heterocycles. The molecule has 140 valence electrons. The molecule has 8 heteroatoms. The van der Waals surface area contributed by atoms with Gasteiger partial charge in [0.05, 0.1) is 11.1 Å². The predicted octanol–water partition coefficient (Wildman–Crippen LogP) is -0.295. The summed E-state index contributed by atoms with van der Waals surface area (Å²) in [6.07, 6.45) is 4.43. The molecule has 4 amide bonds. The second-order valence-electron chi connectivity index (χ2n) is 6.90. The quantitative estimate of drug-likeness (QED) is 0.498. The highest BCUT2D eigenvalue weighted by Crippen LogP contribution is 2.28. The molecule has 3 aliphatic rings. The maximum absolute atomic E-state index is 12.8. The zero-order valence-electron chi connectivity index (χ0n) is 14.7. The molecule has 1 aromatic carbocycles. The number of fused-ring (bicyclic) bond motifs is 1. The molecule has 0 saturated carbocycles. The summed E-state index contributed by atoms with van der Waals surface area (Å²) in [6, 6.07) is 4.42. The van der Waals surface area contributed by atoms with Crippen LogP contribution in [0.4, 0.5) is 0 Å². The van der Waals surface area contributed by atoms with Crippen molar-refractivity contribution in [1.29, 1.82) is 0 Å². The highest BCUT2D eigenvalue weighted by Gasteiger charge is 2.44. The number of imide groups is 2. The minimum absolute atomic E-state index is 0.113. The Morgan fingerprint density at radius 2 is 1.93 bits per heavy atom. The van der Waals surface area contributed by atoms with E-state index >= 15 is 0 Å². The van der Waals surface area contributed by atoms with Gasteiger partial charge in [-0.05, 0) is 24.1 Å². The molecule has 1 fully saturated rings. The van der Waals surface area contributed by atoms with Crippen molar-refractivity contribution >= 4 is 23.6 Å². The van der Waals surface area contributed by atoms with E-state index < -0.39 is 23.8 Å². The molecule has 0 radical (unpaired) electrons. The summed E-state index contributed by atoms with van der Waals surface area (Å²) in [5.74, 6) is -1.94. The number of nitrogens with zero attached hydrogens (tertiary/aromatic N) is 1. The van der Waals surface area contributed by atoms with Gasteiger partial charge >= 0.3 is 0 Å². The summed E-state index contributed by atoms with van der Waals surface area (Å²) in [4.78, 5) is 49.8. The van der Waals surface area contributed by atoms with Crippen molar-refractivity contribution in [3.8, 4) is 0 Å². The molecule has 0 spiro atoms. The first-order chi connectivity index (χ1) is 13.0. The number of hydrogen-bond acceptors (Lipinski definition) is 6. The topological polar surface area (TPSA) is 108 Å². The summed E-state index contributed by atoms with van der Waals surface area (Å²) in [5, 5.41) is 8.84. The summed E-state index contributed by atoms with van der Waals surface area (Å²) in [6.45, 7) is 2.26. The van der Waals surface area contributed by atoms with E-state index in [1.54, 1.807) is 12.1 Å². The molecule has 3 N–H and O–H groups in total. The van der Waals surface area contributed by atoms with Crippen molar-refractivity contribution < 1.29 is 19.2 Å². The lowest BCUT2D eigenvalue weighted by atomic mass is 10.0. The van der Waals surface area contributed by atoms with Crippen LogP contribution in [0, 0.1) is 0 Å². The zero-order valence-corrected chi connectivity index (χ0v) is 14.7. The normalized spacial score (nSPS) is 25.0. The van der Waals surface area contributed by atoms with Crippen molar-refractivity contribution in [2.45, 2.75) is 31.5 Å². The van der Waals surface area contributed by atoms with E-state index in [2.05, 4.69) is 28.1 Å². The van der Waals surface area contributed by atoms with Crippen LogP contribution in [0.5, 0.6) is 0 Å². The molecule has 3 aliphatic heterocycles. The molecule has 2 atom stereocenters. The number of hydrogen-bond donors (Lipinski definition) is 3. The molecule has 1 saturated heterocycles. The average Bonchev–Trinajstić information content (AvgIpc) is 2.92. The zero-order chi connectivity index (χ0) is 19.0. The van der Waals surface area contributed by atoms with Gasteiger partial charge in [-0.25, -0.2) is 0 Å². The van der Waals surface area contributed by atoms with Crippen molar-refractivity contribution in [1.82, 2.24) is 20.9 Å². The second kappa shape index (κ2) is 7.05. The van der Waals surface area contributed by atoms with Crippen LogP contribution in [0.15, 0.2) is 30.4 Å². The van der Waals surface area contributed by atoms with Gasteiger partial charge in [-0.2, -0.15) is 0 Å². The largest absolute Gasteiger partial charge is 0.311 e. The van der Waals surface area contributed by atoms with Gasteiger partial charge in [0.2, 0.25) is 11.8 Å². The summed E-state index contributed by atoms with van der Waals surface area (Å²) >= 11 is 0. The second-order valence-corrected chi connectivity index (χ2v) is 6.90. The molecule has 4 rings (SSSR count). The van der Waals surface area contributed by atoms with Crippen molar-refractivity contribution in [2.24, 2.45) is 0 Å². The lowest BCUT2D eigenvalue weighted by molar-refractivity contribution is -0.136. The molecular formula is C19H20N4O4. The number of carbonyl (C=O) groups is 4. The lowest BCUT2D eigenvalue weighted by Gasteiger charge is -2.27. The molecule has 0 bridgehead atoms. The van der Waals surface area contributed by atoms with Gasteiger partial charge in [0.25, 0.3) is 11.8 Å². The smallest absolute Gasteiger partial charge is 0.262 e. The fraction of sp³-hybridized carbons (Fsp3) is 0.368. The highest BCUT2D eigenvalue weighted by atomic mass is 16.2. The van der Waals surface area contributed by atoms with Gasteiger partial charge in [-0.15, -0.1) is 0 Å². The van der Waals surface area contributed by atoms with Gasteiger partial charge in [-0.3, -0.25) is 29.4 Å². The van der Waals surface area contributed by atoms with Crippen molar-refractivity contribution in [3.63, 3.8) is 0 Å². The van der Waals surface area contributed by atoms with Crippen LogP contribution in [0.2, 0.25) is 0 Å². The molecule has 2 unspecified atom stereocenters. The predicted molar refractivity (Wildman–Crippen MR) is 95.8 cm³/mol. The third-order valence-corrected chi connectivity index (χ3v) is 5.07. The van der Waals surface area contributed by atoms with E-state index in [9.17, 15) is 19.2 Å². The summed E-state index contributed by atoms with van der Waals surface area (Å²) < 4.78 is 0. The Morgan fingerprint density at radius 3 is 2.67 bits per heavy atom. The van der Waals surface area contributed by atoms with Crippen LogP contribution >= 0.6 is 0 Å². The molecular weight excluding hydrogens is 348 g/mol. The third kappa shape index (κ3) is 3.29. The van der Waals surface area contributed by atoms with Crippen LogP contribution in [-0.4, -0.2) is 53.7 Å². The SMILES string of the molecule is O=C1CCC(N2C(=O)c3ccc(CNC4C=CCNC4)cc3C2=O)C(=O)N1. The molecule has 0 aliphatic carbocycles. The Bertz CT molecular complexity index is 863. The third-order valence-electron chi connectivity index (χ3n) is 5.07. The van der Waals surface area contributed by atoms with Gasteiger partial charge in [0, 0.05) is 32.1 Å². The highest BCUT2D eigenvalue weighted by molar-refractivity contribution is 6.23.